The highest BCUT2D eigenvalue weighted by Crippen LogP contribution is 2.53. The summed E-state index contributed by atoms with van der Waals surface area (Å²) in [6.07, 6.45) is 0.361. The number of phenolic OH excluding ortho intramolecular Hbond substituents is 1. The Bertz CT molecular complexity index is 2050. The van der Waals surface area contributed by atoms with E-state index in [1.54, 1.807) is 70.3 Å². The topological polar surface area (TPSA) is 229 Å². The van der Waals surface area contributed by atoms with Crippen molar-refractivity contribution >= 4 is 36.3 Å². The summed E-state index contributed by atoms with van der Waals surface area (Å²) in [6.45, 7) is 1.01. The molecule has 354 valence electrons. The maximum atomic E-state index is 13.0. The van der Waals surface area contributed by atoms with Gasteiger partial charge in [0.05, 0.1) is 0 Å². The molecule has 1 N–H and O–H groups in total. The van der Waals surface area contributed by atoms with E-state index in [2.05, 4.69) is 15.0 Å². The summed E-state index contributed by atoms with van der Waals surface area (Å²) in [4.78, 5) is 18.6. The van der Waals surface area contributed by atoms with Crippen LogP contribution >= 0.6 is 30.4 Å². The molecule has 0 spiro atoms. The third-order valence-electron chi connectivity index (χ3n) is 9.70. The van der Waals surface area contributed by atoms with Crippen molar-refractivity contribution in [1.82, 2.24) is 24.8 Å². The summed E-state index contributed by atoms with van der Waals surface area (Å²) < 4.78 is 105. The van der Waals surface area contributed by atoms with Gasteiger partial charge in [0.1, 0.15) is 42.4 Å². The Balaban J connectivity index is 1.53. The fourth-order valence-electron chi connectivity index (χ4n) is 5.88. The van der Waals surface area contributed by atoms with Crippen molar-refractivity contribution in [2.24, 2.45) is 0 Å². The van der Waals surface area contributed by atoms with Crippen LogP contribution in [0.4, 0.5) is 5.95 Å². The molecule has 0 aliphatic rings. The Morgan fingerprint density at radius 3 is 1.09 bits per heavy atom. The zero-order chi connectivity index (χ0) is 47.0. The van der Waals surface area contributed by atoms with Gasteiger partial charge < -0.3 is 55.7 Å². The van der Waals surface area contributed by atoms with Gasteiger partial charge in [0, 0.05) is 83.6 Å². The molecule has 1 heterocycles. The maximum Gasteiger partial charge on any atom is 0.344 e. The first-order chi connectivity index (χ1) is 30.5. The molecular formula is C39H58N6O15P4. The predicted octanol–water partition coefficient (Wildman–Crippen LogP) is 8.26. The summed E-state index contributed by atoms with van der Waals surface area (Å²) in [5.41, 5.74) is 2.64. The fraction of sp³-hybridized carbons (Fsp3) is 0.462. The molecule has 0 unspecified atom stereocenters. The highest BCUT2D eigenvalue weighted by atomic mass is 31.2. The molecule has 0 atom stereocenters. The van der Waals surface area contributed by atoms with Crippen LogP contribution in [0.15, 0.2) is 72.8 Å². The van der Waals surface area contributed by atoms with Crippen molar-refractivity contribution in [2.75, 3.05) is 107 Å². The Labute approximate surface area is 374 Å². The summed E-state index contributed by atoms with van der Waals surface area (Å²) in [6, 6.07) is 20.9. The van der Waals surface area contributed by atoms with Gasteiger partial charge in [0.15, 0.2) is 0 Å². The summed E-state index contributed by atoms with van der Waals surface area (Å²) in [5.74, 6) is 1.20. The predicted molar refractivity (Wildman–Crippen MR) is 240 cm³/mol. The van der Waals surface area contributed by atoms with Crippen LogP contribution in [0.2, 0.25) is 0 Å². The first kappa shape index (κ1) is 53.0. The van der Waals surface area contributed by atoms with Crippen LogP contribution in [0.1, 0.15) is 16.7 Å². The highest BCUT2D eigenvalue weighted by Gasteiger charge is 2.33. The molecule has 25 heteroatoms. The minimum Gasteiger partial charge on any atom is -0.508 e. The lowest BCUT2D eigenvalue weighted by Gasteiger charge is -2.27. The molecule has 64 heavy (non-hydrogen) atoms. The Morgan fingerprint density at radius 1 is 0.469 bits per heavy atom. The van der Waals surface area contributed by atoms with Gasteiger partial charge in [0.25, 0.3) is 0 Å². The Morgan fingerprint density at radius 2 is 0.781 bits per heavy atom. The van der Waals surface area contributed by atoms with Crippen molar-refractivity contribution in [3.8, 4) is 29.3 Å². The van der Waals surface area contributed by atoms with E-state index in [4.69, 9.17) is 45.7 Å². The smallest absolute Gasteiger partial charge is 0.344 e. The van der Waals surface area contributed by atoms with Gasteiger partial charge >= 0.3 is 42.4 Å². The molecule has 4 aromatic rings. The largest absolute Gasteiger partial charge is 0.508 e. The van der Waals surface area contributed by atoms with E-state index in [-0.39, 0.29) is 48.9 Å². The number of aromatic nitrogens is 3. The van der Waals surface area contributed by atoms with Crippen LogP contribution in [0.5, 0.6) is 29.3 Å². The average molecular weight is 975 g/mol. The molecule has 0 saturated carbocycles. The third kappa shape index (κ3) is 16.4. The lowest BCUT2D eigenvalue weighted by molar-refractivity contribution is 0.223. The number of hydrogen-bond donors (Lipinski definition) is 1. The van der Waals surface area contributed by atoms with Crippen LogP contribution < -0.4 is 14.4 Å². The van der Waals surface area contributed by atoms with E-state index in [1.165, 1.54) is 56.9 Å². The second kappa shape index (κ2) is 24.8. The van der Waals surface area contributed by atoms with E-state index in [0.29, 0.717) is 44.0 Å². The molecule has 3 aromatic carbocycles. The van der Waals surface area contributed by atoms with Gasteiger partial charge in [0.2, 0.25) is 5.95 Å². The second-order valence-electron chi connectivity index (χ2n) is 14.0. The Hall–Kier alpha value is -3.61. The average Bonchev–Trinajstić information content (AvgIpc) is 3.31. The second-order valence-corrected chi connectivity index (χ2v) is 22.9. The lowest BCUT2D eigenvalue weighted by atomic mass is 10.1. The zero-order valence-electron chi connectivity index (χ0n) is 37.4. The Kier molecular flexibility index (Phi) is 20.5. The lowest BCUT2D eigenvalue weighted by Crippen LogP contribution is -2.29. The van der Waals surface area contributed by atoms with Crippen LogP contribution in [-0.2, 0) is 73.8 Å². The van der Waals surface area contributed by atoms with Crippen LogP contribution in [-0.4, -0.2) is 132 Å². The number of rotatable bonds is 29. The van der Waals surface area contributed by atoms with Crippen LogP contribution in [0, 0.1) is 0 Å². The summed E-state index contributed by atoms with van der Waals surface area (Å²) >= 11 is 0. The number of nitrogens with zero attached hydrogens (tertiary/aromatic N) is 6. The molecule has 21 nitrogen and oxygen atoms in total. The number of phenols is 1. The first-order valence-electron chi connectivity index (χ1n) is 19.5. The van der Waals surface area contributed by atoms with Crippen molar-refractivity contribution in [3.63, 3.8) is 0 Å². The molecule has 0 aliphatic carbocycles. The minimum absolute atomic E-state index is 0.0493. The van der Waals surface area contributed by atoms with Crippen molar-refractivity contribution in [2.45, 2.75) is 19.4 Å². The zero-order valence-corrected chi connectivity index (χ0v) is 41.0. The van der Waals surface area contributed by atoms with Gasteiger partial charge in [-0.3, -0.25) is 28.1 Å². The normalized spacial score (nSPS) is 12.5. The summed E-state index contributed by atoms with van der Waals surface area (Å²) in [7, 11) is -1.93. The number of aromatic hydroxyl groups is 1. The number of anilines is 1. The van der Waals surface area contributed by atoms with Gasteiger partial charge in [-0.1, -0.05) is 36.4 Å². The van der Waals surface area contributed by atoms with Gasteiger partial charge in [-0.25, -0.2) is 0 Å². The quantitative estimate of drug-likeness (QED) is 0.0505. The molecule has 0 radical (unpaired) electrons. The van der Waals surface area contributed by atoms with Crippen LogP contribution in [0.3, 0.4) is 0 Å². The van der Waals surface area contributed by atoms with E-state index < -0.39 is 30.4 Å². The molecule has 0 aliphatic heterocycles. The highest BCUT2D eigenvalue weighted by molar-refractivity contribution is 7.55. The van der Waals surface area contributed by atoms with E-state index in [9.17, 15) is 23.4 Å². The molecule has 0 fully saturated rings. The van der Waals surface area contributed by atoms with E-state index in [0.717, 1.165) is 16.7 Å². The van der Waals surface area contributed by atoms with Crippen molar-refractivity contribution < 1.29 is 69.0 Å². The van der Waals surface area contributed by atoms with Crippen molar-refractivity contribution in [1.29, 1.82) is 0 Å². The molecular weight excluding hydrogens is 916 g/mol. The monoisotopic (exact) mass is 974 g/mol. The maximum absolute atomic E-state index is 13.0. The number of hydrogen-bond acceptors (Lipinski definition) is 21. The fourth-order valence-corrected chi connectivity index (χ4v) is 10.6. The third-order valence-corrected chi connectivity index (χ3v) is 17.1. The molecule has 4 rings (SSSR count). The van der Waals surface area contributed by atoms with Gasteiger partial charge in [-0.15, -0.1) is 4.98 Å². The van der Waals surface area contributed by atoms with Crippen LogP contribution in [0.25, 0.3) is 0 Å². The molecule has 0 bridgehead atoms. The minimum atomic E-state index is -3.50. The molecule has 0 amide bonds. The summed E-state index contributed by atoms with van der Waals surface area (Å²) in [5, 5.41) is 9.78. The number of benzene rings is 3. The molecule has 1 aromatic heterocycles. The van der Waals surface area contributed by atoms with Gasteiger partial charge in [-0.05, 0) is 65.9 Å². The standard InChI is InChI=1S/C39H58N6O15P4/c1-43(26-33-10-16-34(46)17-11-33)37-40-38(59-35-18-12-31(13-19-35)22-24-44(27-61(47,51-2)52-3)28-62(48,53-4)54-5)42-39(41-37)60-36-20-14-32(15-21-36)23-25-45(29-63(49,55-6)56-7)30-64(50,57-8)58-9/h10-21,46H,22-30H2,1-9H3. The first-order valence-corrected chi connectivity index (χ1v) is 26.4. The van der Waals surface area contributed by atoms with Crippen molar-refractivity contribution in [3.05, 3.63) is 89.5 Å². The molecule has 0 saturated heterocycles. The SMILES string of the molecule is COP(=O)(CN(CCc1ccc(Oc2nc(Oc3ccc(CCN(CP(=O)(OC)OC)CP(=O)(OC)OC)cc3)nc(N(C)Cc3ccc(O)cc3)n2)cc1)CP(=O)(OC)OC)OC. The van der Waals surface area contributed by atoms with E-state index >= 15 is 0 Å². The van der Waals surface area contributed by atoms with Gasteiger partial charge in [-0.2, -0.15) is 9.97 Å². The number of ether oxygens (including phenoxy) is 2. The van der Waals surface area contributed by atoms with E-state index in [1.807, 2.05) is 24.3 Å².